The summed E-state index contributed by atoms with van der Waals surface area (Å²) in [6, 6.07) is 12.0. The van der Waals surface area contributed by atoms with E-state index >= 15 is 0 Å². The third-order valence-corrected chi connectivity index (χ3v) is 6.63. The van der Waals surface area contributed by atoms with Crippen LogP contribution >= 0.6 is 0 Å². The molecule has 210 valence electrons. The second kappa shape index (κ2) is 13.9. The molecular weight excluding hydrogens is 506 g/mol. The molecule has 39 heavy (non-hydrogen) atoms. The fourth-order valence-corrected chi connectivity index (χ4v) is 4.68. The summed E-state index contributed by atoms with van der Waals surface area (Å²) >= 11 is 0. The van der Waals surface area contributed by atoms with Gasteiger partial charge in [0, 0.05) is 14.3 Å². The lowest BCUT2D eigenvalue weighted by atomic mass is 9.95. The number of hydrogen-bond acceptors (Lipinski definition) is 6. The van der Waals surface area contributed by atoms with Crippen LogP contribution < -0.4 is 21.9 Å². The Balaban J connectivity index is 1.86. The van der Waals surface area contributed by atoms with Gasteiger partial charge in [0.05, 0.1) is 11.7 Å². The number of likely N-dealkylation sites (tertiary alicyclic amines) is 1. The SMILES string of the molecule is [2H]CN[C@@H](Cc1ccccc1)C(=O)N1CCC[C@H]1C(=O)NC(C(=O)C(F)(F)CCC)c1cccc(N=CNN)c1. The number of likely N-dealkylation sites (N-methyl/N-ethyl adjacent to an activating group) is 1. The minimum atomic E-state index is -3.67. The largest absolute Gasteiger partial charge is 0.340 e. The zero-order valence-electron chi connectivity index (χ0n) is 22.9. The molecule has 0 spiro atoms. The first-order chi connectivity index (χ1) is 19.2. The lowest BCUT2D eigenvalue weighted by molar-refractivity contribution is -0.149. The van der Waals surface area contributed by atoms with Gasteiger partial charge in [-0.2, -0.15) is 8.78 Å². The van der Waals surface area contributed by atoms with E-state index < -0.39 is 42.2 Å². The van der Waals surface area contributed by atoms with Crippen molar-refractivity contribution in [3.8, 4) is 0 Å². The number of carbonyl (C=O) groups is 3. The van der Waals surface area contributed by atoms with E-state index in [2.05, 4.69) is 21.1 Å². The van der Waals surface area contributed by atoms with E-state index in [0.717, 1.165) is 5.56 Å². The number of alkyl halides is 2. The third kappa shape index (κ3) is 7.67. The van der Waals surface area contributed by atoms with Gasteiger partial charge < -0.3 is 21.0 Å². The van der Waals surface area contributed by atoms with Gasteiger partial charge in [0.25, 0.3) is 0 Å². The van der Waals surface area contributed by atoms with Crippen LogP contribution in [0, 0.1) is 0 Å². The summed E-state index contributed by atoms with van der Waals surface area (Å²) in [6.07, 6.45) is 1.76. The summed E-state index contributed by atoms with van der Waals surface area (Å²) in [7, 11) is -0.199. The lowest BCUT2D eigenvalue weighted by Crippen LogP contribution is -2.54. The molecule has 3 rings (SSSR count). The number of hydrazine groups is 1. The molecule has 0 bridgehead atoms. The Hall–Kier alpha value is -3.70. The molecule has 2 aromatic carbocycles. The first kappa shape index (κ1) is 28.3. The van der Waals surface area contributed by atoms with Gasteiger partial charge in [-0.25, -0.2) is 10.8 Å². The molecule has 1 unspecified atom stereocenters. The van der Waals surface area contributed by atoms with Crippen LogP contribution in [0.5, 0.6) is 0 Å². The van der Waals surface area contributed by atoms with Crippen molar-refractivity contribution < 1.29 is 24.5 Å². The monoisotopic (exact) mass is 543 g/mol. The van der Waals surface area contributed by atoms with Gasteiger partial charge in [-0.15, -0.1) is 0 Å². The van der Waals surface area contributed by atoms with E-state index in [-0.39, 0.29) is 24.9 Å². The van der Waals surface area contributed by atoms with Crippen molar-refractivity contribution in [1.29, 1.82) is 0 Å². The number of Topliss-reactive ketones (excluding diaryl/α,β-unsaturated/α-hetero) is 1. The second-order valence-corrected chi connectivity index (χ2v) is 9.42. The topological polar surface area (TPSA) is 129 Å². The molecule has 1 fully saturated rings. The molecule has 1 aliphatic heterocycles. The van der Waals surface area contributed by atoms with Crippen LogP contribution in [0.1, 0.15) is 51.1 Å². The average Bonchev–Trinajstić information content (AvgIpc) is 3.45. The molecule has 3 atom stereocenters. The number of rotatable bonds is 13. The number of hydrogen-bond donors (Lipinski definition) is 4. The minimum absolute atomic E-state index is 0.0720. The quantitative estimate of drug-likeness (QED) is 0.133. The molecule has 0 saturated carbocycles. The lowest BCUT2D eigenvalue weighted by Gasteiger charge is -2.30. The van der Waals surface area contributed by atoms with Crippen LogP contribution in [0.2, 0.25) is 0 Å². The average molecular weight is 544 g/mol. The maximum absolute atomic E-state index is 14.8. The zero-order valence-corrected chi connectivity index (χ0v) is 21.9. The van der Waals surface area contributed by atoms with Crippen molar-refractivity contribution >= 4 is 29.6 Å². The highest BCUT2D eigenvalue weighted by Crippen LogP contribution is 2.31. The maximum Gasteiger partial charge on any atom is 0.307 e. The summed E-state index contributed by atoms with van der Waals surface area (Å²) in [4.78, 5) is 45.6. The van der Waals surface area contributed by atoms with E-state index in [1.807, 2.05) is 30.3 Å². The maximum atomic E-state index is 14.8. The summed E-state index contributed by atoms with van der Waals surface area (Å²) in [5.41, 5.74) is 3.60. The Morgan fingerprint density at radius 3 is 2.69 bits per heavy atom. The molecule has 2 amide bonds. The molecular formula is C28H36F2N6O3. The molecule has 0 aliphatic carbocycles. The van der Waals surface area contributed by atoms with Crippen molar-refractivity contribution in [2.24, 2.45) is 10.8 Å². The first-order valence-electron chi connectivity index (χ1n) is 13.6. The van der Waals surface area contributed by atoms with Crippen LogP contribution in [-0.2, 0) is 20.8 Å². The number of benzene rings is 2. The molecule has 0 radical (unpaired) electrons. The molecule has 0 aromatic heterocycles. The fourth-order valence-electron chi connectivity index (χ4n) is 4.68. The minimum Gasteiger partial charge on any atom is -0.340 e. The summed E-state index contributed by atoms with van der Waals surface area (Å²) in [5.74, 6) is -0.953. The van der Waals surface area contributed by atoms with Gasteiger partial charge in [-0.3, -0.25) is 14.4 Å². The van der Waals surface area contributed by atoms with E-state index in [1.54, 1.807) is 13.0 Å². The molecule has 5 N–H and O–H groups in total. The molecule has 1 aliphatic rings. The highest BCUT2D eigenvalue weighted by molar-refractivity contribution is 5.97. The Morgan fingerprint density at radius 2 is 2.00 bits per heavy atom. The van der Waals surface area contributed by atoms with Crippen molar-refractivity contribution in [1.82, 2.24) is 21.0 Å². The highest BCUT2D eigenvalue weighted by atomic mass is 19.3. The number of nitrogens with zero attached hydrogens (tertiary/aromatic N) is 2. The van der Waals surface area contributed by atoms with Crippen LogP contribution in [-0.4, -0.2) is 60.4 Å². The van der Waals surface area contributed by atoms with Crippen molar-refractivity contribution in [2.75, 3.05) is 13.6 Å². The summed E-state index contributed by atoms with van der Waals surface area (Å²) < 4.78 is 37.3. The van der Waals surface area contributed by atoms with Gasteiger partial charge in [0.1, 0.15) is 18.4 Å². The number of aliphatic imine (C=N–C) groups is 1. The predicted octanol–water partition coefficient (Wildman–Crippen LogP) is 2.79. The number of halogens is 2. The number of amides is 2. The molecule has 9 nitrogen and oxygen atoms in total. The molecule has 2 aromatic rings. The zero-order chi connectivity index (χ0) is 29.1. The second-order valence-electron chi connectivity index (χ2n) is 9.42. The number of ketones is 1. The van der Waals surface area contributed by atoms with Gasteiger partial charge in [0.2, 0.25) is 17.6 Å². The van der Waals surface area contributed by atoms with Gasteiger partial charge in [-0.05, 0) is 56.0 Å². The van der Waals surface area contributed by atoms with Crippen molar-refractivity contribution in [3.05, 3.63) is 65.7 Å². The van der Waals surface area contributed by atoms with Crippen LogP contribution in [0.4, 0.5) is 14.5 Å². The standard InChI is InChI=1S/C28H36F2N6O3/c1-3-14-28(29,30)25(37)24(20-11-7-12-21(17-20)33-18-34-31)35-26(38)23-13-8-15-36(23)27(39)22(32-2)16-19-9-5-4-6-10-19/h4-7,9-12,17-18,22-24,32H,3,8,13-16,31H2,1-2H3,(H,33,34)(H,35,38)/t22-,23-,24?/m0/s1/i2D. The van der Waals surface area contributed by atoms with E-state index in [4.69, 9.17) is 7.21 Å². The Labute approximate surface area is 228 Å². The highest BCUT2D eigenvalue weighted by Gasteiger charge is 2.45. The third-order valence-electron chi connectivity index (χ3n) is 6.63. The Bertz CT molecular complexity index is 1180. The Morgan fingerprint density at radius 1 is 1.23 bits per heavy atom. The molecule has 1 heterocycles. The first-order valence-corrected chi connectivity index (χ1v) is 12.9. The van der Waals surface area contributed by atoms with Crippen LogP contribution in [0.25, 0.3) is 0 Å². The normalized spacial score (nSPS) is 17.5. The van der Waals surface area contributed by atoms with Gasteiger partial charge in [-0.1, -0.05) is 49.4 Å². The van der Waals surface area contributed by atoms with E-state index in [1.165, 1.54) is 29.4 Å². The van der Waals surface area contributed by atoms with E-state index in [9.17, 15) is 23.2 Å². The summed E-state index contributed by atoms with van der Waals surface area (Å²) in [5, 5.41) is 5.39. The number of nitrogens with one attached hydrogen (secondary N) is 3. The van der Waals surface area contributed by atoms with Crippen molar-refractivity contribution in [2.45, 2.75) is 63.1 Å². The van der Waals surface area contributed by atoms with Crippen LogP contribution in [0.15, 0.2) is 59.6 Å². The smallest absolute Gasteiger partial charge is 0.307 e. The van der Waals surface area contributed by atoms with Gasteiger partial charge >= 0.3 is 5.92 Å². The molecule has 11 heteroatoms. The fraction of sp³-hybridized carbons (Fsp3) is 0.429. The van der Waals surface area contributed by atoms with Gasteiger partial charge in [0.15, 0.2) is 0 Å². The van der Waals surface area contributed by atoms with Crippen LogP contribution in [0.3, 0.4) is 0 Å². The molecule has 1 saturated heterocycles. The predicted molar refractivity (Wildman–Crippen MR) is 145 cm³/mol. The van der Waals surface area contributed by atoms with E-state index in [0.29, 0.717) is 31.5 Å². The Kier molecular flexibility index (Phi) is 10.1. The van der Waals surface area contributed by atoms with Crippen molar-refractivity contribution in [3.63, 3.8) is 0 Å². The summed E-state index contributed by atoms with van der Waals surface area (Å²) in [6.45, 7) is 1.84. The number of carbonyl (C=O) groups excluding carboxylic acids is 3. The number of nitrogens with two attached hydrogens (primary N) is 1.